The summed E-state index contributed by atoms with van der Waals surface area (Å²) in [5.41, 5.74) is 2.18. The summed E-state index contributed by atoms with van der Waals surface area (Å²) in [5, 5.41) is 6.21. The van der Waals surface area contributed by atoms with Crippen LogP contribution in [0.4, 0.5) is 0 Å². The van der Waals surface area contributed by atoms with E-state index in [1.54, 1.807) is 7.11 Å². The lowest BCUT2D eigenvalue weighted by Crippen LogP contribution is -2.36. The molecular weight excluding hydrogens is 240 g/mol. The molecule has 1 atom stereocenters. The topological polar surface area (TPSA) is 50.4 Å². The molecule has 0 bridgehead atoms. The van der Waals surface area contributed by atoms with E-state index in [9.17, 15) is 4.79 Å². The zero-order chi connectivity index (χ0) is 13.8. The molecule has 2 rings (SSSR count). The first-order valence-electron chi connectivity index (χ1n) is 6.77. The number of carbonyl (C=O) groups excluding carboxylic acids is 1. The number of ether oxygens (including phenoxy) is 1. The van der Waals surface area contributed by atoms with E-state index in [1.165, 1.54) is 12.8 Å². The van der Waals surface area contributed by atoms with E-state index in [-0.39, 0.29) is 11.9 Å². The molecule has 1 aromatic carbocycles. The Morgan fingerprint density at radius 3 is 2.84 bits per heavy atom. The second-order valence-corrected chi connectivity index (χ2v) is 5.19. The molecule has 1 unspecified atom stereocenters. The van der Waals surface area contributed by atoms with Crippen LogP contribution in [0.25, 0.3) is 0 Å². The number of nitrogens with one attached hydrogen (secondary N) is 2. The zero-order valence-corrected chi connectivity index (χ0v) is 11.8. The first kappa shape index (κ1) is 13.9. The molecular formula is C15H22N2O2. The van der Waals surface area contributed by atoms with Gasteiger partial charge >= 0.3 is 0 Å². The number of hydrogen-bond donors (Lipinski definition) is 2. The molecule has 0 spiro atoms. The molecule has 19 heavy (non-hydrogen) atoms. The molecule has 1 fully saturated rings. The van der Waals surface area contributed by atoms with Crippen molar-refractivity contribution in [2.24, 2.45) is 0 Å². The fraction of sp³-hybridized carbons (Fsp3) is 0.533. The van der Waals surface area contributed by atoms with Crippen LogP contribution in [0.1, 0.15) is 36.9 Å². The zero-order valence-electron chi connectivity index (χ0n) is 11.8. The van der Waals surface area contributed by atoms with E-state index in [4.69, 9.17) is 4.74 Å². The number of hydrogen-bond acceptors (Lipinski definition) is 3. The standard InChI is InChI=1S/C15H22N2O2/c1-10-4-7-14(19-3)13(8-10)11(2)17-15(18)9-16-12-5-6-12/h4,7-8,11-12,16H,5-6,9H2,1-3H3,(H,17,18). The van der Waals surface area contributed by atoms with Crippen molar-refractivity contribution in [1.82, 2.24) is 10.6 Å². The van der Waals surface area contributed by atoms with E-state index in [0.29, 0.717) is 12.6 Å². The van der Waals surface area contributed by atoms with Gasteiger partial charge in [0.1, 0.15) is 5.75 Å². The lowest BCUT2D eigenvalue weighted by atomic mass is 10.0. The van der Waals surface area contributed by atoms with Gasteiger partial charge < -0.3 is 15.4 Å². The minimum Gasteiger partial charge on any atom is -0.496 e. The molecule has 4 nitrogen and oxygen atoms in total. The van der Waals surface area contributed by atoms with E-state index < -0.39 is 0 Å². The summed E-state index contributed by atoms with van der Waals surface area (Å²) >= 11 is 0. The van der Waals surface area contributed by atoms with Gasteiger partial charge in [0.25, 0.3) is 0 Å². The summed E-state index contributed by atoms with van der Waals surface area (Å²) in [5.74, 6) is 0.844. The monoisotopic (exact) mass is 262 g/mol. The number of aryl methyl sites for hydroxylation is 1. The first-order chi connectivity index (χ1) is 9.10. The Morgan fingerprint density at radius 1 is 1.47 bits per heavy atom. The summed E-state index contributed by atoms with van der Waals surface area (Å²) in [6, 6.07) is 6.50. The molecule has 0 radical (unpaired) electrons. The Bertz CT molecular complexity index is 455. The number of benzene rings is 1. The maximum Gasteiger partial charge on any atom is 0.234 e. The molecule has 2 N–H and O–H groups in total. The second-order valence-electron chi connectivity index (χ2n) is 5.19. The Balaban J connectivity index is 1.95. The molecule has 0 aromatic heterocycles. The summed E-state index contributed by atoms with van der Waals surface area (Å²) in [6.45, 7) is 4.40. The van der Waals surface area contributed by atoms with Crippen LogP contribution >= 0.6 is 0 Å². The van der Waals surface area contributed by atoms with Crippen LogP contribution < -0.4 is 15.4 Å². The molecule has 1 aliphatic rings. The van der Waals surface area contributed by atoms with Crippen LogP contribution in [0.3, 0.4) is 0 Å². The van der Waals surface area contributed by atoms with Crippen molar-refractivity contribution < 1.29 is 9.53 Å². The van der Waals surface area contributed by atoms with Crippen molar-refractivity contribution in [3.63, 3.8) is 0 Å². The van der Waals surface area contributed by atoms with Crippen molar-refractivity contribution in [1.29, 1.82) is 0 Å². The number of amides is 1. The van der Waals surface area contributed by atoms with E-state index >= 15 is 0 Å². The van der Waals surface area contributed by atoms with Crippen LogP contribution in [-0.2, 0) is 4.79 Å². The molecule has 1 aliphatic carbocycles. The summed E-state index contributed by atoms with van der Waals surface area (Å²) in [7, 11) is 1.65. The van der Waals surface area contributed by atoms with Gasteiger partial charge in [0.2, 0.25) is 5.91 Å². The van der Waals surface area contributed by atoms with Gasteiger partial charge in [-0.1, -0.05) is 17.7 Å². The molecule has 1 saturated carbocycles. The maximum atomic E-state index is 11.8. The van der Waals surface area contributed by atoms with Gasteiger partial charge in [-0.15, -0.1) is 0 Å². The summed E-state index contributed by atoms with van der Waals surface area (Å²) in [6.07, 6.45) is 2.38. The summed E-state index contributed by atoms with van der Waals surface area (Å²) < 4.78 is 5.34. The molecule has 1 amide bonds. The first-order valence-corrected chi connectivity index (χ1v) is 6.77. The van der Waals surface area contributed by atoms with E-state index in [2.05, 4.69) is 16.7 Å². The highest BCUT2D eigenvalue weighted by atomic mass is 16.5. The Kier molecular flexibility index (Phi) is 4.43. The van der Waals surface area contributed by atoms with Crippen LogP contribution in [0.2, 0.25) is 0 Å². The van der Waals surface area contributed by atoms with Crippen LogP contribution in [-0.4, -0.2) is 25.6 Å². The van der Waals surface area contributed by atoms with Gasteiger partial charge in [-0.25, -0.2) is 0 Å². The quantitative estimate of drug-likeness (QED) is 0.823. The molecule has 0 saturated heterocycles. The van der Waals surface area contributed by atoms with Crippen LogP contribution in [0.5, 0.6) is 5.75 Å². The number of carbonyl (C=O) groups is 1. The lowest BCUT2D eigenvalue weighted by Gasteiger charge is -2.18. The van der Waals surface area contributed by atoms with E-state index in [1.807, 2.05) is 26.0 Å². The van der Waals surface area contributed by atoms with Crippen molar-refractivity contribution >= 4 is 5.91 Å². The van der Waals surface area contributed by atoms with E-state index in [0.717, 1.165) is 16.9 Å². The normalized spacial score (nSPS) is 15.9. The highest BCUT2D eigenvalue weighted by molar-refractivity contribution is 5.78. The minimum atomic E-state index is -0.0525. The third-order valence-corrected chi connectivity index (χ3v) is 3.36. The second kappa shape index (κ2) is 6.06. The van der Waals surface area contributed by atoms with Gasteiger partial charge in [0.15, 0.2) is 0 Å². The largest absolute Gasteiger partial charge is 0.496 e. The van der Waals surface area contributed by atoms with Gasteiger partial charge in [-0.3, -0.25) is 4.79 Å². The highest BCUT2D eigenvalue weighted by Gasteiger charge is 2.22. The predicted molar refractivity (Wildman–Crippen MR) is 75.3 cm³/mol. The average Bonchev–Trinajstić information content (AvgIpc) is 3.20. The lowest BCUT2D eigenvalue weighted by molar-refractivity contribution is -0.120. The molecule has 1 aromatic rings. The van der Waals surface area contributed by atoms with Gasteiger partial charge in [0.05, 0.1) is 19.7 Å². The molecule has 104 valence electrons. The maximum absolute atomic E-state index is 11.8. The Morgan fingerprint density at radius 2 is 2.21 bits per heavy atom. The third-order valence-electron chi connectivity index (χ3n) is 3.36. The molecule has 0 heterocycles. The average molecular weight is 262 g/mol. The van der Waals surface area contributed by atoms with Gasteiger partial charge in [-0.05, 0) is 32.8 Å². The van der Waals surface area contributed by atoms with Crippen molar-refractivity contribution in [3.8, 4) is 5.75 Å². The minimum absolute atomic E-state index is 0.0305. The smallest absolute Gasteiger partial charge is 0.234 e. The van der Waals surface area contributed by atoms with Gasteiger partial charge in [-0.2, -0.15) is 0 Å². The van der Waals surface area contributed by atoms with Crippen molar-refractivity contribution in [2.75, 3.05) is 13.7 Å². The number of methoxy groups -OCH3 is 1. The summed E-state index contributed by atoms with van der Waals surface area (Å²) in [4.78, 5) is 11.8. The Labute approximate surface area is 114 Å². The molecule has 0 aliphatic heterocycles. The van der Waals surface area contributed by atoms with Gasteiger partial charge in [0, 0.05) is 11.6 Å². The SMILES string of the molecule is COc1ccc(C)cc1C(C)NC(=O)CNC1CC1. The van der Waals surface area contributed by atoms with Crippen molar-refractivity contribution in [2.45, 2.75) is 38.8 Å². The number of rotatable bonds is 6. The Hall–Kier alpha value is -1.55. The van der Waals surface area contributed by atoms with Crippen LogP contribution in [0.15, 0.2) is 18.2 Å². The third kappa shape index (κ3) is 3.96. The van der Waals surface area contributed by atoms with Crippen molar-refractivity contribution in [3.05, 3.63) is 29.3 Å². The predicted octanol–water partition coefficient (Wildman–Crippen LogP) is 1.93. The fourth-order valence-corrected chi connectivity index (χ4v) is 2.09. The van der Waals surface area contributed by atoms with Crippen LogP contribution in [0, 0.1) is 6.92 Å². The fourth-order valence-electron chi connectivity index (χ4n) is 2.09. The highest BCUT2D eigenvalue weighted by Crippen LogP contribution is 2.26. The molecule has 4 heteroatoms.